The van der Waals surface area contributed by atoms with Crippen LogP contribution in [0.25, 0.3) is 0 Å². The fraction of sp³-hybridized carbons (Fsp3) is 0.700. The first-order chi connectivity index (χ1) is 10.9. The minimum atomic E-state index is 0.414. The fourth-order valence-electron chi connectivity index (χ4n) is 6.03. The third-order valence-electron chi connectivity index (χ3n) is 6.81. The maximum absolute atomic E-state index is 6.37. The molecule has 7 rings (SSSR count). The van der Waals surface area contributed by atoms with Crippen LogP contribution in [-0.2, 0) is 22.3 Å². The highest BCUT2D eigenvalue weighted by molar-refractivity contribution is 5.60. The van der Waals surface area contributed by atoms with Crippen molar-refractivity contribution >= 4 is 0 Å². The molecule has 0 radical (unpaired) electrons. The van der Waals surface area contributed by atoms with Gasteiger partial charge in [-0.25, -0.2) is 0 Å². The minimum Gasteiger partial charge on any atom is -0.366 e. The number of hydrogen-bond acceptors (Lipinski definition) is 2. The van der Waals surface area contributed by atoms with Crippen molar-refractivity contribution in [3.05, 3.63) is 33.4 Å². The Morgan fingerprint density at radius 3 is 1.23 bits per heavy atom. The number of fused-ring (bicyclic) bond motifs is 9. The second-order valence-corrected chi connectivity index (χ2v) is 7.91. The van der Waals surface area contributed by atoms with Crippen molar-refractivity contribution in [3.8, 4) is 0 Å². The minimum absolute atomic E-state index is 0.414. The molecule has 0 spiro atoms. The topological polar surface area (TPSA) is 18.5 Å². The zero-order valence-corrected chi connectivity index (χ0v) is 13.2. The summed E-state index contributed by atoms with van der Waals surface area (Å²) in [5.41, 5.74) is 9.92. The standard InChI is InChI=1S/C20H24O2/c1-2-4-6-12-19-15-9-7-13(21-15)17(19)11(5-3-1)18-14-8-10-16(22-14)20(12)18/h13-16H,1-10H2/t13-,14+,15+,16-. The lowest BCUT2D eigenvalue weighted by molar-refractivity contribution is 0.0668. The first kappa shape index (κ1) is 12.5. The predicted molar refractivity (Wildman–Crippen MR) is 83.9 cm³/mol. The van der Waals surface area contributed by atoms with Gasteiger partial charge in [-0.15, -0.1) is 0 Å². The van der Waals surface area contributed by atoms with E-state index in [1.807, 2.05) is 0 Å². The molecule has 2 saturated heterocycles. The summed E-state index contributed by atoms with van der Waals surface area (Å²) in [6.07, 6.45) is 14.7. The number of rotatable bonds is 0. The molecule has 2 heteroatoms. The molecule has 1 aromatic rings. The van der Waals surface area contributed by atoms with E-state index >= 15 is 0 Å². The van der Waals surface area contributed by atoms with E-state index < -0.39 is 0 Å². The summed E-state index contributed by atoms with van der Waals surface area (Å²) in [5.74, 6) is 0. The Hall–Kier alpha value is -0.860. The highest BCUT2D eigenvalue weighted by atomic mass is 16.5. The van der Waals surface area contributed by atoms with E-state index in [9.17, 15) is 0 Å². The molecular weight excluding hydrogens is 272 g/mol. The lowest BCUT2D eigenvalue weighted by atomic mass is 9.73. The molecule has 0 amide bonds. The van der Waals surface area contributed by atoms with Crippen LogP contribution in [0, 0.1) is 0 Å². The highest BCUT2D eigenvalue weighted by Gasteiger charge is 2.48. The molecule has 2 fully saturated rings. The summed E-state index contributed by atoms with van der Waals surface area (Å²) in [7, 11) is 0. The van der Waals surface area contributed by atoms with E-state index in [0.717, 1.165) is 0 Å². The van der Waals surface area contributed by atoms with Crippen LogP contribution >= 0.6 is 0 Å². The van der Waals surface area contributed by atoms with Gasteiger partial charge in [-0.3, -0.25) is 0 Å². The van der Waals surface area contributed by atoms with Crippen molar-refractivity contribution in [1.82, 2.24) is 0 Å². The van der Waals surface area contributed by atoms with Gasteiger partial charge in [0.2, 0.25) is 0 Å². The van der Waals surface area contributed by atoms with Gasteiger partial charge in [-0.1, -0.05) is 12.8 Å². The zero-order valence-electron chi connectivity index (χ0n) is 13.2. The largest absolute Gasteiger partial charge is 0.366 e. The number of hydrogen-bond donors (Lipinski definition) is 0. The summed E-state index contributed by atoms with van der Waals surface area (Å²) < 4.78 is 12.7. The molecule has 4 atom stereocenters. The lowest BCUT2D eigenvalue weighted by Crippen LogP contribution is -2.16. The molecule has 0 unspecified atom stereocenters. The Morgan fingerprint density at radius 1 is 0.500 bits per heavy atom. The molecule has 22 heavy (non-hydrogen) atoms. The van der Waals surface area contributed by atoms with E-state index in [1.165, 1.54) is 64.2 Å². The molecule has 1 aromatic carbocycles. The quantitative estimate of drug-likeness (QED) is 0.658. The average molecular weight is 296 g/mol. The Balaban J connectivity index is 1.68. The van der Waals surface area contributed by atoms with Crippen LogP contribution in [0.5, 0.6) is 0 Å². The summed E-state index contributed by atoms with van der Waals surface area (Å²) in [6.45, 7) is 0. The van der Waals surface area contributed by atoms with Gasteiger partial charge in [0.15, 0.2) is 0 Å². The van der Waals surface area contributed by atoms with Gasteiger partial charge in [0, 0.05) is 0 Å². The van der Waals surface area contributed by atoms with Crippen molar-refractivity contribution in [3.63, 3.8) is 0 Å². The maximum atomic E-state index is 6.37. The van der Waals surface area contributed by atoms with E-state index in [-0.39, 0.29) is 0 Å². The second-order valence-electron chi connectivity index (χ2n) is 7.91. The van der Waals surface area contributed by atoms with E-state index in [2.05, 4.69) is 0 Å². The molecule has 0 N–H and O–H groups in total. The van der Waals surface area contributed by atoms with Crippen LogP contribution < -0.4 is 0 Å². The van der Waals surface area contributed by atoms with E-state index in [4.69, 9.17) is 9.47 Å². The van der Waals surface area contributed by atoms with Crippen LogP contribution in [-0.4, -0.2) is 0 Å². The Morgan fingerprint density at radius 2 is 0.864 bits per heavy atom. The lowest BCUT2D eigenvalue weighted by Gasteiger charge is -2.29. The molecule has 6 aliphatic rings. The van der Waals surface area contributed by atoms with Gasteiger partial charge in [-0.2, -0.15) is 0 Å². The van der Waals surface area contributed by atoms with Crippen LogP contribution in [0.2, 0.25) is 0 Å². The summed E-state index contributed by atoms with van der Waals surface area (Å²) >= 11 is 0. The monoisotopic (exact) mass is 296 g/mol. The normalized spacial score (nSPS) is 37.6. The zero-order chi connectivity index (χ0) is 14.3. The Labute approximate surface area is 132 Å². The molecule has 2 aliphatic carbocycles. The van der Waals surface area contributed by atoms with Gasteiger partial charge in [0.25, 0.3) is 0 Å². The van der Waals surface area contributed by atoms with E-state index in [0.29, 0.717) is 24.4 Å². The highest BCUT2D eigenvalue weighted by Crippen LogP contribution is 2.61. The third-order valence-corrected chi connectivity index (χ3v) is 6.81. The second kappa shape index (κ2) is 4.36. The predicted octanol–water partition coefficient (Wildman–Crippen LogP) is 5.16. The van der Waals surface area contributed by atoms with Crippen LogP contribution in [0.15, 0.2) is 0 Å². The van der Waals surface area contributed by atoms with Crippen LogP contribution in [0.1, 0.15) is 109 Å². The van der Waals surface area contributed by atoms with Gasteiger partial charge in [0.05, 0.1) is 24.4 Å². The van der Waals surface area contributed by atoms with Crippen molar-refractivity contribution in [1.29, 1.82) is 0 Å². The number of benzene rings is 1. The smallest absolute Gasteiger partial charge is 0.0840 e. The molecule has 0 saturated carbocycles. The number of ether oxygens (including phenoxy) is 2. The Kier molecular flexibility index (Phi) is 2.49. The van der Waals surface area contributed by atoms with Gasteiger partial charge < -0.3 is 9.47 Å². The van der Waals surface area contributed by atoms with Gasteiger partial charge in [-0.05, 0) is 84.7 Å². The molecule has 116 valence electrons. The van der Waals surface area contributed by atoms with Crippen molar-refractivity contribution in [2.24, 2.45) is 0 Å². The third kappa shape index (κ3) is 1.44. The van der Waals surface area contributed by atoms with Crippen molar-refractivity contribution in [2.75, 3.05) is 0 Å². The van der Waals surface area contributed by atoms with Crippen LogP contribution in [0.4, 0.5) is 0 Å². The SMILES string of the molecule is C1CCCc2c3c(c(c4c2[C@H]2CC[C@@H]4O2)CC1)[C@H]1CC[C@@H]3O1. The van der Waals surface area contributed by atoms with E-state index in [1.54, 1.807) is 33.4 Å². The molecular formula is C20H24O2. The van der Waals surface area contributed by atoms with Crippen molar-refractivity contribution < 1.29 is 9.47 Å². The maximum Gasteiger partial charge on any atom is 0.0840 e. The molecule has 2 nitrogen and oxygen atoms in total. The average Bonchev–Trinajstić information content (AvgIpc) is 3.31. The first-order valence-electron chi connectivity index (χ1n) is 9.44. The molecule has 6 bridgehead atoms. The molecule has 4 heterocycles. The van der Waals surface area contributed by atoms with Gasteiger partial charge in [0.1, 0.15) is 0 Å². The first-order valence-corrected chi connectivity index (χ1v) is 9.44. The summed E-state index contributed by atoms with van der Waals surface area (Å²) in [4.78, 5) is 0. The molecule has 0 aromatic heterocycles. The fourth-order valence-corrected chi connectivity index (χ4v) is 6.03. The van der Waals surface area contributed by atoms with Crippen molar-refractivity contribution in [2.45, 2.75) is 88.6 Å². The van der Waals surface area contributed by atoms with Crippen LogP contribution in [0.3, 0.4) is 0 Å². The molecule has 4 aliphatic heterocycles. The summed E-state index contributed by atoms with van der Waals surface area (Å²) in [6, 6.07) is 0. The van der Waals surface area contributed by atoms with Gasteiger partial charge >= 0.3 is 0 Å². The Bertz CT molecular complexity index is 560. The summed E-state index contributed by atoms with van der Waals surface area (Å²) in [5, 5.41) is 0.